The van der Waals surface area contributed by atoms with E-state index in [1.54, 1.807) is 12.1 Å². The SMILES string of the molecule is O=C(COc1ccc(I)cc1)Nc1cc(N2CCCS2(=O)=O)ccc1O. The lowest BCUT2D eigenvalue weighted by Gasteiger charge is -2.18. The summed E-state index contributed by atoms with van der Waals surface area (Å²) in [6, 6.07) is 11.5. The fourth-order valence-corrected chi connectivity index (χ4v) is 4.49. The van der Waals surface area contributed by atoms with Crippen LogP contribution in [0.2, 0.25) is 0 Å². The predicted molar refractivity (Wildman–Crippen MR) is 107 cm³/mol. The van der Waals surface area contributed by atoms with E-state index in [4.69, 9.17) is 4.74 Å². The van der Waals surface area contributed by atoms with Crippen LogP contribution in [0.25, 0.3) is 0 Å². The third-order valence-electron chi connectivity index (χ3n) is 3.83. The number of rotatable bonds is 5. The molecule has 3 rings (SSSR count). The summed E-state index contributed by atoms with van der Waals surface area (Å²) in [6.07, 6.45) is 0.550. The van der Waals surface area contributed by atoms with Gasteiger partial charge < -0.3 is 15.2 Å². The predicted octanol–water partition coefficient (Wildman–Crippen LogP) is 2.55. The second-order valence-electron chi connectivity index (χ2n) is 5.73. The third-order valence-corrected chi connectivity index (χ3v) is 6.41. The van der Waals surface area contributed by atoms with E-state index in [9.17, 15) is 18.3 Å². The Labute approximate surface area is 165 Å². The van der Waals surface area contributed by atoms with E-state index in [1.165, 1.54) is 22.5 Å². The van der Waals surface area contributed by atoms with E-state index in [-0.39, 0.29) is 23.8 Å². The van der Waals surface area contributed by atoms with Crippen molar-refractivity contribution in [2.45, 2.75) is 6.42 Å². The number of hydrogen-bond acceptors (Lipinski definition) is 5. The van der Waals surface area contributed by atoms with Crippen molar-refractivity contribution in [1.29, 1.82) is 0 Å². The number of sulfonamides is 1. The Bertz CT molecular complexity index is 915. The number of halogens is 1. The average molecular weight is 488 g/mol. The molecule has 9 heteroatoms. The fraction of sp³-hybridized carbons (Fsp3) is 0.235. The molecule has 0 radical (unpaired) electrons. The van der Waals surface area contributed by atoms with E-state index >= 15 is 0 Å². The highest BCUT2D eigenvalue weighted by Crippen LogP contribution is 2.32. The van der Waals surface area contributed by atoms with E-state index in [2.05, 4.69) is 27.9 Å². The zero-order valence-corrected chi connectivity index (χ0v) is 16.7. The van der Waals surface area contributed by atoms with Gasteiger partial charge in [-0.05, 0) is 71.5 Å². The average Bonchev–Trinajstić information content (AvgIpc) is 2.95. The molecule has 1 aliphatic rings. The zero-order valence-electron chi connectivity index (χ0n) is 13.7. The van der Waals surface area contributed by atoms with Gasteiger partial charge >= 0.3 is 0 Å². The first-order valence-electron chi connectivity index (χ1n) is 7.87. The molecule has 2 aromatic rings. The van der Waals surface area contributed by atoms with Gasteiger partial charge in [0.15, 0.2) is 6.61 Å². The van der Waals surface area contributed by atoms with Crippen LogP contribution < -0.4 is 14.4 Å². The monoisotopic (exact) mass is 488 g/mol. The molecule has 1 fully saturated rings. The van der Waals surface area contributed by atoms with E-state index in [1.807, 2.05) is 12.1 Å². The molecule has 0 aromatic heterocycles. The Morgan fingerprint density at radius 1 is 1.23 bits per heavy atom. The number of carbonyl (C=O) groups is 1. The first kappa shape index (κ1) is 18.8. The maximum atomic E-state index is 12.1. The summed E-state index contributed by atoms with van der Waals surface area (Å²) in [4.78, 5) is 12.1. The second-order valence-corrected chi connectivity index (χ2v) is 8.99. The summed E-state index contributed by atoms with van der Waals surface area (Å²) >= 11 is 2.17. The molecular formula is C17H17IN2O5S. The molecule has 7 nitrogen and oxygen atoms in total. The van der Waals surface area contributed by atoms with Gasteiger partial charge in [-0.3, -0.25) is 9.10 Å². The number of nitrogens with one attached hydrogen (secondary N) is 1. The van der Waals surface area contributed by atoms with Crippen LogP contribution in [0.4, 0.5) is 11.4 Å². The van der Waals surface area contributed by atoms with Crippen molar-refractivity contribution in [1.82, 2.24) is 0 Å². The second kappa shape index (κ2) is 7.70. The molecular weight excluding hydrogens is 471 g/mol. The van der Waals surface area contributed by atoms with Crippen LogP contribution in [-0.4, -0.2) is 38.3 Å². The molecule has 2 N–H and O–H groups in total. The fourth-order valence-electron chi connectivity index (χ4n) is 2.57. The van der Waals surface area contributed by atoms with Gasteiger partial charge in [-0.25, -0.2) is 8.42 Å². The summed E-state index contributed by atoms with van der Waals surface area (Å²) in [5.41, 5.74) is 0.551. The third kappa shape index (κ3) is 4.39. The number of hydrogen-bond donors (Lipinski definition) is 2. The normalized spacial score (nSPS) is 15.7. The minimum Gasteiger partial charge on any atom is -0.506 e. The van der Waals surface area contributed by atoms with Crippen molar-refractivity contribution in [2.75, 3.05) is 28.5 Å². The van der Waals surface area contributed by atoms with Gasteiger partial charge in [-0.1, -0.05) is 0 Å². The molecule has 1 amide bonds. The summed E-state index contributed by atoms with van der Waals surface area (Å²) in [6.45, 7) is 0.155. The van der Waals surface area contributed by atoms with Crippen LogP contribution in [0.1, 0.15) is 6.42 Å². The molecule has 1 aliphatic heterocycles. The van der Waals surface area contributed by atoms with Crippen LogP contribution in [-0.2, 0) is 14.8 Å². The molecule has 0 bridgehead atoms. The van der Waals surface area contributed by atoms with E-state index in [0.717, 1.165) is 3.57 Å². The molecule has 26 heavy (non-hydrogen) atoms. The van der Waals surface area contributed by atoms with Crippen molar-refractivity contribution < 1.29 is 23.1 Å². The minimum absolute atomic E-state index is 0.0966. The Kier molecular flexibility index (Phi) is 5.56. The van der Waals surface area contributed by atoms with Gasteiger partial charge in [0.2, 0.25) is 10.0 Å². The minimum atomic E-state index is -3.33. The molecule has 1 heterocycles. The molecule has 0 atom stereocenters. The van der Waals surface area contributed by atoms with E-state index < -0.39 is 15.9 Å². The van der Waals surface area contributed by atoms with Gasteiger partial charge in [0.1, 0.15) is 11.5 Å². The van der Waals surface area contributed by atoms with Crippen LogP contribution >= 0.6 is 22.6 Å². The summed E-state index contributed by atoms with van der Waals surface area (Å²) < 4.78 is 31.8. The maximum Gasteiger partial charge on any atom is 0.262 e. The molecule has 0 aliphatic carbocycles. The standard InChI is InChI=1S/C17H17IN2O5S/c18-12-2-5-14(6-3-12)25-11-17(22)19-15-10-13(4-7-16(15)21)20-8-1-9-26(20,23)24/h2-7,10,21H,1,8-9,11H2,(H,19,22). The van der Waals surface area contributed by atoms with Gasteiger partial charge in [-0.15, -0.1) is 0 Å². The largest absolute Gasteiger partial charge is 0.506 e. The van der Waals surface area contributed by atoms with Crippen LogP contribution in [0.5, 0.6) is 11.5 Å². The van der Waals surface area contributed by atoms with Crippen LogP contribution in [0.15, 0.2) is 42.5 Å². The van der Waals surface area contributed by atoms with Crippen molar-refractivity contribution >= 4 is 49.9 Å². The van der Waals surface area contributed by atoms with Crippen molar-refractivity contribution in [3.05, 3.63) is 46.0 Å². The first-order valence-corrected chi connectivity index (χ1v) is 10.6. The number of aromatic hydroxyl groups is 1. The molecule has 0 unspecified atom stereocenters. The molecule has 138 valence electrons. The Morgan fingerprint density at radius 3 is 2.62 bits per heavy atom. The molecule has 2 aromatic carbocycles. The Hall–Kier alpha value is -2.01. The van der Waals surface area contributed by atoms with Gasteiger partial charge in [-0.2, -0.15) is 0 Å². The number of amides is 1. The van der Waals surface area contributed by atoms with Crippen molar-refractivity contribution in [2.24, 2.45) is 0 Å². The lowest BCUT2D eigenvalue weighted by molar-refractivity contribution is -0.118. The Morgan fingerprint density at radius 2 is 1.96 bits per heavy atom. The van der Waals surface area contributed by atoms with Gasteiger partial charge in [0.05, 0.1) is 17.1 Å². The molecule has 1 saturated heterocycles. The van der Waals surface area contributed by atoms with Gasteiger partial charge in [0, 0.05) is 10.1 Å². The maximum absolute atomic E-state index is 12.1. The summed E-state index contributed by atoms with van der Waals surface area (Å²) in [5, 5.41) is 12.5. The number of phenols is 1. The van der Waals surface area contributed by atoms with Gasteiger partial charge in [0.25, 0.3) is 5.91 Å². The van der Waals surface area contributed by atoms with Crippen LogP contribution in [0, 0.1) is 3.57 Å². The number of ether oxygens (including phenoxy) is 1. The van der Waals surface area contributed by atoms with Crippen molar-refractivity contribution in [3.63, 3.8) is 0 Å². The number of benzene rings is 2. The highest BCUT2D eigenvalue weighted by Gasteiger charge is 2.28. The number of carbonyl (C=O) groups excluding carboxylic acids is 1. The highest BCUT2D eigenvalue weighted by atomic mass is 127. The van der Waals surface area contributed by atoms with Crippen molar-refractivity contribution in [3.8, 4) is 11.5 Å². The zero-order chi connectivity index (χ0) is 18.7. The highest BCUT2D eigenvalue weighted by molar-refractivity contribution is 14.1. The first-order chi connectivity index (χ1) is 12.3. The van der Waals surface area contributed by atoms with E-state index in [0.29, 0.717) is 24.4 Å². The topological polar surface area (TPSA) is 95.9 Å². The summed E-state index contributed by atoms with van der Waals surface area (Å²) in [5.74, 6) is 0.0503. The number of nitrogens with zero attached hydrogens (tertiary/aromatic N) is 1. The lowest BCUT2D eigenvalue weighted by Crippen LogP contribution is -2.25. The molecule has 0 spiro atoms. The molecule has 0 saturated carbocycles. The number of phenolic OH excluding ortho intramolecular Hbond substituents is 1. The Balaban J connectivity index is 1.68. The smallest absolute Gasteiger partial charge is 0.262 e. The number of anilines is 2. The lowest BCUT2D eigenvalue weighted by atomic mass is 10.2. The quantitative estimate of drug-likeness (QED) is 0.499. The van der Waals surface area contributed by atoms with Crippen LogP contribution in [0.3, 0.4) is 0 Å². The summed E-state index contributed by atoms with van der Waals surface area (Å²) in [7, 11) is -3.33.